The van der Waals surface area contributed by atoms with Crippen molar-refractivity contribution < 1.29 is 8.42 Å². The van der Waals surface area contributed by atoms with Gasteiger partial charge >= 0.3 is 0 Å². The Hall–Kier alpha value is -0.880. The van der Waals surface area contributed by atoms with E-state index in [2.05, 4.69) is 17.0 Å². The summed E-state index contributed by atoms with van der Waals surface area (Å²) in [6.07, 6.45) is 3.55. The molecule has 106 valence electrons. The predicted octanol–water partition coefficient (Wildman–Crippen LogP) is 2.75. The molecule has 1 aliphatic heterocycles. The SMILES string of the molecule is CC1SCCCC1Nc1cccc(NS(C)(=O)=O)c1. The molecule has 1 aromatic rings. The maximum atomic E-state index is 11.2. The van der Waals surface area contributed by atoms with Gasteiger partial charge in [0.2, 0.25) is 10.0 Å². The highest BCUT2D eigenvalue weighted by molar-refractivity contribution is 8.00. The Balaban J connectivity index is 2.06. The van der Waals surface area contributed by atoms with Crippen LogP contribution in [0.15, 0.2) is 24.3 Å². The molecule has 1 heterocycles. The normalized spacial score (nSPS) is 23.9. The van der Waals surface area contributed by atoms with Crippen LogP contribution in [0.3, 0.4) is 0 Å². The van der Waals surface area contributed by atoms with Crippen LogP contribution in [0.5, 0.6) is 0 Å². The summed E-state index contributed by atoms with van der Waals surface area (Å²) in [6.45, 7) is 2.24. The largest absolute Gasteiger partial charge is 0.381 e. The average molecular weight is 300 g/mol. The lowest BCUT2D eigenvalue weighted by atomic mass is 10.1. The van der Waals surface area contributed by atoms with Gasteiger partial charge in [0.25, 0.3) is 0 Å². The third-order valence-corrected chi connectivity index (χ3v) is 5.11. The number of nitrogens with one attached hydrogen (secondary N) is 2. The van der Waals surface area contributed by atoms with Crippen molar-refractivity contribution in [1.82, 2.24) is 0 Å². The van der Waals surface area contributed by atoms with Gasteiger partial charge in [0.05, 0.1) is 11.9 Å². The summed E-state index contributed by atoms with van der Waals surface area (Å²) in [5, 5.41) is 4.08. The fourth-order valence-electron chi connectivity index (χ4n) is 2.21. The summed E-state index contributed by atoms with van der Waals surface area (Å²) in [5.41, 5.74) is 1.57. The maximum absolute atomic E-state index is 11.2. The van der Waals surface area contributed by atoms with E-state index in [9.17, 15) is 8.42 Å². The molecule has 2 rings (SSSR count). The molecule has 19 heavy (non-hydrogen) atoms. The molecule has 6 heteroatoms. The Morgan fingerprint density at radius 1 is 1.32 bits per heavy atom. The minimum Gasteiger partial charge on any atom is -0.381 e. The van der Waals surface area contributed by atoms with Crippen molar-refractivity contribution in [3.05, 3.63) is 24.3 Å². The summed E-state index contributed by atoms with van der Waals surface area (Å²) in [5.74, 6) is 1.23. The molecule has 0 aromatic heterocycles. The third kappa shape index (κ3) is 4.62. The van der Waals surface area contributed by atoms with Gasteiger partial charge in [-0.3, -0.25) is 4.72 Å². The summed E-state index contributed by atoms with van der Waals surface area (Å²) >= 11 is 1.99. The zero-order chi connectivity index (χ0) is 13.9. The first kappa shape index (κ1) is 14.5. The maximum Gasteiger partial charge on any atom is 0.229 e. The fourth-order valence-corrected chi connectivity index (χ4v) is 3.91. The molecule has 1 aromatic carbocycles. The molecule has 0 radical (unpaired) electrons. The molecule has 4 nitrogen and oxygen atoms in total. The van der Waals surface area contributed by atoms with Gasteiger partial charge in [-0.15, -0.1) is 0 Å². The second-order valence-electron chi connectivity index (χ2n) is 4.92. The second-order valence-corrected chi connectivity index (χ2v) is 8.16. The zero-order valence-electron chi connectivity index (χ0n) is 11.2. The number of hydrogen-bond acceptors (Lipinski definition) is 4. The first-order valence-electron chi connectivity index (χ1n) is 6.40. The van der Waals surface area contributed by atoms with Crippen molar-refractivity contribution in [3.8, 4) is 0 Å². The Labute approximate surface area is 119 Å². The summed E-state index contributed by atoms with van der Waals surface area (Å²) in [6, 6.07) is 7.88. The van der Waals surface area contributed by atoms with Crippen molar-refractivity contribution in [1.29, 1.82) is 0 Å². The van der Waals surface area contributed by atoms with E-state index in [1.54, 1.807) is 6.07 Å². The van der Waals surface area contributed by atoms with E-state index >= 15 is 0 Å². The molecule has 2 unspecified atom stereocenters. The minimum absolute atomic E-state index is 0.451. The van der Waals surface area contributed by atoms with Crippen LogP contribution in [0.25, 0.3) is 0 Å². The van der Waals surface area contributed by atoms with Gasteiger partial charge < -0.3 is 5.32 Å². The van der Waals surface area contributed by atoms with E-state index < -0.39 is 10.0 Å². The van der Waals surface area contributed by atoms with Gasteiger partial charge in [0.15, 0.2) is 0 Å². The number of rotatable bonds is 4. The predicted molar refractivity (Wildman–Crippen MR) is 83.5 cm³/mol. The highest BCUT2D eigenvalue weighted by Gasteiger charge is 2.21. The van der Waals surface area contributed by atoms with Gasteiger partial charge in [0.1, 0.15) is 0 Å². The Morgan fingerprint density at radius 2 is 2.05 bits per heavy atom. The topological polar surface area (TPSA) is 58.2 Å². The highest BCUT2D eigenvalue weighted by Crippen LogP contribution is 2.28. The van der Waals surface area contributed by atoms with Gasteiger partial charge in [-0.2, -0.15) is 11.8 Å². The van der Waals surface area contributed by atoms with Gasteiger partial charge in [0, 0.05) is 17.0 Å². The molecular formula is C13H20N2O2S2. The first-order valence-corrected chi connectivity index (χ1v) is 9.34. The molecule has 0 aliphatic carbocycles. The molecule has 0 bridgehead atoms. The van der Waals surface area contributed by atoms with Gasteiger partial charge in [-0.25, -0.2) is 8.42 Å². The van der Waals surface area contributed by atoms with E-state index in [1.165, 1.54) is 12.2 Å². The smallest absolute Gasteiger partial charge is 0.229 e. The van der Waals surface area contributed by atoms with Crippen LogP contribution in [0.4, 0.5) is 11.4 Å². The first-order chi connectivity index (χ1) is 8.94. The Bertz CT molecular complexity index is 531. The molecule has 0 saturated carbocycles. The van der Waals surface area contributed by atoms with E-state index in [1.807, 2.05) is 30.0 Å². The van der Waals surface area contributed by atoms with Crippen molar-refractivity contribution in [2.45, 2.75) is 31.1 Å². The standard InChI is InChI=1S/C13H20N2O2S2/c1-10-13(7-4-8-18-10)14-11-5-3-6-12(9-11)15-19(2,16)17/h3,5-6,9-10,13-15H,4,7-8H2,1-2H3. The van der Waals surface area contributed by atoms with E-state index in [4.69, 9.17) is 0 Å². The Morgan fingerprint density at radius 3 is 2.74 bits per heavy atom. The average Bonchev–Trinajstić information content (AvgIpc) is 2.30. The number of hydrogen-bond donors (Lipinski definition) is 2. The summed E-state index contributed by atoms with van der Waals surface area (Å²) in [7, 11) is -3.22. The lowest BCUT2D eigenvalue weighted by Gasteiger charge is -2.30. The number of benzene rings is 1. The van der Waals surface area contributed by atoms with Crippen LogP contribution in [0.1, 0.15) is 19.8 Å². The molecule has 2 atom stereocenters. The van der Waals surface area contributed by atoms with Crippen molar-refractivity contribution in [3.63, 3.8) is 0 Å². The molecule has 1 fully saturated rings. The summed E-state index contributed by atoms with van der Waals surface area (Å²) < 4.78 is 24.9. The quantitative estimate of drug-likeness (QED) is 0.897. The van der Waals surface area contributed by atoms with Crippen LogP contribution in [-0.2, 0) is 10.0 Å². The van der Waals surface area contributed by atoms with Crippen molar-refractivity contribution >= 4 is 33.2 Å². The van der Waals surface area contributed by atoms with Crippen LogP contribution in [0, 0.1) is 0 Å². The second kappa shape index (κ2) is 6.05. The molecule has 0 spiro atoms. The van der Waals surface area contributed by atoms with E-state index in [0.29, 0.717) is 17.0 Å². The highest BCUT2D eigenvalue weighted by atomic mass is 32.2. The van der Waals surface area contributed by atoms with Crippen molar-refractivity contribution in [2.24, 2.45) is 0 Å². The van der Waals surface area contributed by atoms with Crippen LogP contribution in [-0.4, -0.2) is 31.7 Å². The van der Waals surface area contributed by atoms with E-state index in [-0.39, 0.29) is 0 Å². The van der Waals surface area contributed by atoms with Crippen molar-refractivity contribution in [2.75, 3.05) is 22.0 Å². The molecule has 1 saturated heterocycles. The van der Waals surface area contributed by atoms with Gasteiger partial charge in [-0.1, -0.05) is 13.0 Å². The van der Waals surface area contributed by atoms with Crippen LogP contribution < -0.4 is 10.0 Å². The third-order valence-electron chi connectivity index (χ3n) is 3.12. The molecule has 1 aliphatic rings. The fraction of sp³-hybridized carbons (Fsp3) is 0.538. The van der Waals surface area contributed by atoms with Gasteiger partial charge in [-0.05, 0) is 36.8 Å². The zero-order valence-corrected chi connectivity index (χ0v) is 12.9. The number of anilines is 2. The Kier molecular flexibility index (Phi) is 4.62. The molecular weight excluding hydrogens is 280 g/mol. The number of thioether (sulfide) groups is 1. The van der Waals surface area contributed by atoms with Crippen LogP contribution >= 0.6 is 11.8 Å². The lowest BCUT2D eigenvalue weighted by molar-refractivity contribution is 0.607. The molecule has 0 amide bonds. The monoisotopic (exact) mass is 300 g/mol. The summed E-state index contributed by atoms with van der Waals surface area (Å²) in [4.78, 5) is 0. The number of sulfonamides is 1. The van der Waals surface area contributed by atoms with E-state index in [0.717, 1.165) is 18.4 Å². The molecule has 2 N–H and O–H groups in total. The van der Waals surface area contributed by atoms with Crippen LogP contribution in [0.2, 0.25) is 0 Å². The minimum atomic E-state index is -3.22. The lowest BCUT2D eigenvalue weighted by Crippen LogP contribution is -2.32.